The van der Waals surface area contributed by atoms with E-state index in [-0.39, 0.29) is 0 Å². The van der Waals surface area contributed by atoms with Crippen LogP contribution in [0.25, 0.3) is 32.2 Å². The van der Waals surface area contributed by atoms with E-state index in [0.717, 1.165) is 32.2 Å². The molecule has 0 fully saturated rings. The van der Waals surface area contributed by atoms with Gasteiger partial charge in [0.15, 0.2) is 4.47 Å². The minimum atomic E-state index is 0.567. The van der Waals surface area contributed by atoms with Crippen molar-refractivity contribution in [1.82, 2.24) is 4.98 Å². The first-order chi connectivity index (χ1) is 8.33. The van der Waals surface area contributed by atoms with Crippen molar-refractivity contribution < 1.29 is 4.42 Å². The van der Waals surface area contributed by atoms with E-state index < -0.39 is 0 Å². The molecular formula is C13H6ClNOS. The molecule has 2 aromatic carbocycles. The fourth-order valence-corrected chi connectivity index (χ4v) is 3.33. The summed E-state index contributed by atoms with van der Waals surface area (Å²) in [6.45, 7) is 0. The predicted molar refractivity (Wildman–Crippen MR) is 71.9 cm³/mol. The van der Waals surface area contributed by atoms with Crippen molar-refractivity contribution in [2.45, 2.75) is 0 Å². The first kappa shape index (κ1) is 9.45. The summed E-state index contributed by atoms with van der Waals surface area (Å²) >= 11 is 7.47. The molecule has 0 spiro atoms. The van der Waals surface area contributed by atoms with E-state index in [2.05, 4.69) is 11.1 Å². The first-order valence-corrected chi connectivity index (χ1v) is 6.39. The van der Waals surface area contributed by atoms with Crippen LogP contribution in [0.3, 0.4) is 0 Å². The number of aromatic nitrogens is 1. The quantitative estimate of drug-likeness (QED) is 0.451. The van der Waals surface area contributed by atoms with Gasteiger partial charge in [-0.25, -0.2) is 4.98 Å². The van der Waals surface area contributed by atoms with Crippen LogP contribution >= 0.6 is 22.9 Å². The number of para-hydroxylation sites is 1. The lowest BCUT2D eigenvalue weighted by Crippen LogP contribution is -1.69. The van der Waals surface area contributed by atoms with E-state index in [1.54, 1.807) is 0 Å². The van der Waals surface area contributed by atoms with Crippen molar-refractivity contribution in [3.05, 3.63) is 40.9 Å². The number of fused-ring (bicyclic) bond motifs is 5. The molecule has 2 aromatic heterocycles. The Kier molecular flexibility index (Phi) is 1.79. The highest BCUT2D eigenvalue weighted by Crippen LogP contribution is 2.38. The zero-order valence-corrected chi connectivity index (χ0v) is 10.2. The van der Waals surface area contributed by atoms with Crippen LogP contribution in [-0.2, 0) is 0 Å². The molecular weight excluding hydrogens is 254 g/mol. The molecule has 4 heteroatoms. The Balaban J connectivity index is 2.37. The molecule has 0 atom stereocenters. The fourth-order valence-electron chi connectivity index (χ4n) is 2.17. The number of rotatable bonds is 0. The Hall–Kier alpha value is -1.58. The highest BCUT2D eigenvalue weighted by molar-refractivity contribution is 7.23. The first-order valence-electron chi connectivity index (χ1n) is 5.19. The second-order valence-electron chi connectivity index (χ2n) is 3.85. The maximum atomic E-state index is 5.98. The van der Waals surface area contributed by atoms with Gasteiger partial charge in [0.25, 0.3) is 0 Å². The van der Waals surface area contributed by atoms with Gasteiger partial charge < -0.3 is 4.42 Å². The number of benzene rings is 2. The van der Waals surface area contributed by atoms with Gasteiger partial charge in [-0.3, -0.25) is 0 Å². The zero-order valence-electron chi connectivity index (χ0n) is 8.61. The third-order valence-electron chi connectivity index (χ3n) is 2.87. The molecule has 0 saturated carbocycles. The monoisotopic (exact) mass is 259 g/mol. The van der Waals surface area contributed by atoms with Gasteiger partial charge in [-0.1, -0.05) is 29.8 Å². The highest BCUT2D eigenvalue weighted by atomic mass is 35.5. The third kappa shape index (κ3) is 1.24. The lowest BCUT2D eigenvalue weighted by molar-refractivity contribution is 0.669. The summed E-state index contributed by atoms with van der Waals surface area (Å²) in [6.07, 6.45) is 0. The van der Waals surface area contributed by atoms with Gasteiger partial charge in [0.2, 0.25) is 0 Å². The number of thiazole rings is 1. The number of hydrogen-bond acceptors (Lipinski definition) is 3. The van der Waals surface area contributed by atoms with Crippen LogP contribution in [0.15, 0.2) is 40.8 Å². The van der Waals surface area contributed by atoms with Crippen molar-refractivity contribution in [3.8, 4) is 0 Å². The van der Waals surface area contributed by atoms with Crippen molar-refractivity contribution >= 4 is 55.1 Å². The maximum absolute atomic E-state index is 5.98. The largest absolute Gasteiger partial charge is 0.456 e. The molecule has 82 valence electrons. The average Bonchev–Trinajstić information content (AvgIpc) is 2.87. The van der Waals surface area contributed by atoms with Gasteiger partial charge in [0, 0.05) is 10.8 Å². The summed E-state index contributed by atoms with van der Waals surface area (Å²) in [5.74, 6) is 0. The molecule has 2 nitrogen and oxygen atoms in total. The molecule has 0 aliphatic heterocycles. The molecule has 0 aliphatic carbocycles. The van der Waals surface area contributed by atoms with Crippen molar-refractivity contribution in [3.63, 3.8) is 0 Å². The van der Waals surface area contributed by atoms with E-state index in [4.69, 9.17) is 16.0 Å². The van der Waals surface area contributed by atoms with Crippen LogP contribution in [0.2, 0.25) is 4.47 Å². The van der Waals surface area contributed by atoms with Crippen LogP contribution in [0.5, 0.6) is 0 Å². The summed E-state index contributed by atoms with van der Waals surface area (Å²) in [5.41, 5.74) is 2.72. The average molecular weight is 260 g/mol. The van der Waals surface area contributed by atoms with Gasteiger partial charge in [0.05, 0.1) is 10.2 Å². The van der Waals surface area contributed by atoms with Gasteiger partial charge in [0.1, 0.15) is 11.2 Å². The summed E-state index contributed by atoms with van der Waals surface area (Å²) < 4.78 is 7.47. The lowest BCUT2D eigenvalue weighted by Gasteiger charge is -1.90. The highest BCUT2D eigenvalue weighted by Gasteiger charge is 2.12. The van der Waals surface area contributed by atoms with Crippen LogP contribution < -0.4 is 0 Å². The molecule has 2 heterocycles. The summed E-state index contributed by atoms with van der Waals surface area (Å²) in [5, 5.41) is 2.23. The van der Waals surface area contributed by atoms with Gasteiger partial charge in [-0.15, -0.1) is 11.3 Å². The molecule has 0 aliphatic rings. The molecule has 4 rings (SSSR count). The van der Waals surface area contributed by atoms with Crippen molar-refractivity contribution in [2.75, 3.05) is 0 Å². The van der Waals surface area contributed by atoms with Crippen molar-refractivity contribution in [2.24, 2.45) is 0 Å². The predicted octanol–water partition coefficient (Wildman–Crippen LogP) is 4.85. The molecule has 0 N–H and O–H groups in total. The smallest absolute Gasteiger partial charge is 0.184 e. The standard InChI is InChI=1S/C13H6ClNOS/c14-13-15-8-5-6-10-11(12(8)17-13)7-3-1-2-4-9(7)16-10/h1-6H. The lowest BCUT2D eigenvalue weighted by atomic mass is 10.1. The second-order valence-corrected chi connectivity index (χ2v) is 5.43. The zero-order chi connectivity index (χ0) is 11.4. The van der Waals surface area contributed by atoms with Crippen LogP contribution in [0, 0.1) is 0 Å². The van der Waals surface area contributed by atoms with E-state index >= 15 is 0 Å². The molecule has 4 aromatic rings. The SMILES string of the molecule is Clc1nc2ccc3oc4ccccc4c3c2s1. The molecule has 0 bridgehead atoms. The number of hydrogen-bond donors (Lipinski definition) is 0. The Morgan fingerprint density at radius 3 is 2.88 bits per heavy atom. The summed E-state index contributed by atoms with van der Waals surface area (Å²) in [6, 6.07) is 11.9. The topological polar surface area (TPSA) is 26.0 Å². The fraction of sp³-hybridized carbons (Fsp3) is 0. The minimum absolute atomic E-state index is 0.567. The van der Waals surface area contributed by atoms with Crippen LogP contribution in [0.4, 0.5) is 0 Å². The van der Waals surface area contributed by atoms with E-state index in [1.807, 2.05) is 30.3 Å². The Labute approximate surface area is 105 Å². The van der Waals surface area contributed by atoms with E-state index in [0.29, 0.717) is 4.47 Å². The maximum Gasteiger partial charge on any atom is 0.184 e. The number of furan rings is 1. The van der Waals surface area contributed by atoms with Crippen LogP contribution in [0.1, 0.15) is 0 Å². The minimum Gasteiger partial charge on any atom is -0.456 e. The molecule has 17 heavy (non-hydrogen) atoms. The summed E-state index contributed by atoms with van der Waals surface area (Å²) in [7, 11) is 0. The second kappa shape index (κ2) is 3.22. The Morgan fingerprint density at radius 1 is 1.06 bits per heavy atom. The molecule has 0 radical (unpaired) electrons. The van der Waals surface area contributed by atoms with Crippen LogP contribution in [-0.4, -0.2) is 4.98 Å². The molecule has 0 saturated heterocycles. The number of halogens is 1. The normalized spacial score (nSPS) is 11.8. The Morgan fingerprint density at radius 2 is 1.94 bits per heavy atom. The molecule has 0 amide bonds. The van der Waals surface area contributed by atoms with Gasteiger partial charge in [-0.05, 0) is 18.2 Å². The third-order valence-corrected chi connectivity index (χ3v) is 4.06. The van der Waals surface area contributed by atoms with Gasteiger partial charge in [-0.2, -0.15) is 0 Å². The molecule has 0 unspecified atom stereocenters. The summed E-state index contributed by atoms with van der Waals surface area (Å²) in [4.78, 5) is 4.29. The van der Waals surface area contributed by atoms with E-state index in [9.17, 15) is 0 Å². The Bertz CT molecular complexity index is 862. The van der Waals surface area contributed by atoms with E-state index in [1.165, 1.54) is 11.3 Å². The number of nitrogens with zero attached hydrogens (tertiary/aromatic N) is 1. The van der Waals surface area contributed by atoms with Crippen molar-refractivity contribution in [1.29, 1.82) is 0 Å². The van der Waals surface area contributed by atoms with Gasteiger partial charge >= 0.3 is 0 Å².